The predicted molar refractivity (Wildman–Crippen MR) is 120 cm³/mol. The van der Waals surface area contributed by atoms with E-state index in [2.05, 4.69) is 28.2 Å². The number of hydrogen-bond acceptors (Lipinski definition) is 6. The third-order valence-electron chi connectivity index (χ3n) is 2.43. The minimum absolute atomic E-state index is 0. The Balaban J connectivity index is 0. The molecule has 2 aromatic carbocycles. The molecule has 0 saturated carbocycles. The van der Waals surface area contributed by atoms with Crippen molar-refractivity contribution in [1.29, 1.82) is 0 Å². The molecule has 2 rings (SSSR count). The molecular weight excluding hydrogens is 454 g/mol. The van der Waals surface area contributed by atoms with E-state index in [4.69, 9.17) is 25.9 Å². The van der Waals surface area contributed by atoms with Crippen LogP contribution >= 0.6 is 13.5 Å². The summed E-state index contributed by atoms with van der Waals surface area (Å²) in [6, 6.07) is 18.1. The van der Waals surface area contributed by atoms with Gasteiger partial charge in [0.1, 0.15) is 0 Å². The summed E-state index contributed by atoms with van der Waals surface area (Å²) in [6.45, 7) is -0.0596. The molecule has 0 radical (unpaired) electrons. The van der Waals surface area contributed by atoms with Crippen LogP contribution < -0.4 is 0 Å². The number of quaternary nitrogens is 1. The Morgan fingerprint density at radius 3 is 1.17 bits per heavy atom. The Hall–Kier alpha value is -1.51. The SMILES string of the molecule is C[N+](C)(C)C.O=S(=O)(O)O.O=S(=O)(OCc1ccccc1)OCc1ccccc1.S. The van der Waals surface area contributed by atoms with E-state index in [0.29, 0.717) is 0 Å². The fraction of sp³-hybridized carbons (Fsp3) is 0.333. The molecule has 172 valence electrons. The van der Waals surface area contributed by atoms with Crippen molar-refractivity contribution in [2.24, 2.45) is 0 Å². The average Bonchev–Trinajstić information content (AvgIpc) is 2.58. The van der Waals surface area contributed by atoms with Gasteiger partial charge in [0.25, 0.3) is 0 Å². The normalized spacial score (nSPS) is 11.1. The Kier molecular flexibility index (Phi) is 14.8. The van der Waals surface area contributed by atoms with Crippen LogP contribution in [0.3, 0.4) is 0 Å². The Morgan fingerprint density at radius 2 is 0.933 bits per heavy atom. The van der Waals surface area contributed by atoms with Gasteiger partial charge in [-0.05, 0) is 11.1 Å². The largest absolute Gasteiger partial charge is 0.400 e. The van der Waals surface area contributed by atoms with Crippen LogP contribution in [-0.2, 0) is 42.4 Å². The summed E-state index contributed by atoms with van der Waals surface area (Å²) < 4.78 is 65.2. The van der Waals surface area contributed by atoms with Crippen molar-refractivity contribution in [1.82, 2.24) is 0 Å². The Bertz CT molecular complexity index is 834. The van der Waals surface area contributed by atoms with Crippen LogP contribution in [0.1, 0.15) is 11.1 Å². The van der Waals surface area contributed by atoms with Gasteiger partial charge in [-0.3, -0.25) is 9.11 Å². The van der Waals surface area contributed by atoms with Crippen molar-refractivity contribution in [2.45, 2.75) is 13.2 Å². The fourth-order valence-electron chi connectivity index (χ4n) is 1.46. The van der Waals surface area contributed by atoms with E-state index in [1.807, 2.05) is 36.4 Å². The summed E-state index contributed by atoms with van der Waals surface area (Å²) in [4.78, 5) is 0. The minimum Gasteiger partial charge on any atom is -0.333 e. The molecule has 2 aromatic rings. The van der Waals surface area contributed by atoms with Gasteiger partial charge in [0.05, 0.1) is 41.4 Å². The lowest BCUT2D eigenvalue weighted by Crippen LogP contribution is -2.27. The number of benzene rings is 2. The molecule has 0 aliphatic rings. The van der Waals surface area contributed by atoms with Gasteiger partial charge in [-0.1, -0.05) is 60.7 Å². The van der Waals surface area contributed by atoms with Gasteiger partial charge in [0.2, 0.25) is 0 Å². The maximum absolute atomic E-state index is 11.5. The van der Waals surface area contributed by atoms with Crippen molar-refractivity contribution in [3.63, 3.8) is 0 Å². The summed E-state index contributed by atoms with van der Waals surface area (Å²) in [5.41, 5.74) is 1.55. The highest BCUT2D eigenvalue weighted by molar-refractivity contribution is 7.81. The second kappa shape index (κ2) is 14.5. The monoisotopic (exact) mass is 484 g/mol. The van der Waals surface area contributed by atoms with E-state index in [0.717, 1.165) is 15.6 Å². The maximum Gasteiger partial charge on any atom is 0.400 e. The fourth-order valence-corrected chi connectivity index (χ4v) is 2.09. The molecule has 0 bridgehead atoms. The first-order valence-electron chi connectivity index (χ1n) is 8.26. The Morgan fingerprint density at radius 1 is 0.700 bits per heavy atom. The quantitative estimate of drug-likeness (QED) is 0.473. The van der Waals surface area contributed by atoms with Crippen LogP contribution in [0.2, 0.25) is 0 Å². The summed E-state index contributed by atoms with van der Waals surface area (Å²) in [6.07, 6.45) is 0. The molecule has 12 heteroatoms. The van der Waals surface area contributed by atoms with E-state index < -0.39 is 20.8 Å². The van der Waals surface area contributed by atoms with Crippen LogP contribution in [-0.4, -0.2) is 58.6 Å². The number of hydrogen-bond donors (Lipinski definition) is 2. The average molecular weight is 485 g/mol. The molecule has 0 fully saturated rings. The highest BCUT2D eigenvalue weighted by Gasteiger charge is 2.12. The standard InChI is InChI=1S/C14H14O4S.C4H12N.H2O4S.H2S/c15-19(16,17-11-13-7-3-1-4-8-13)18-12-14-9-5-2-6-10-14;2*1-5(2,3)4;/h1-10H,11-12H2;1-4H3;(H2,1,2,3,4);1H2/q;+1;;. The highest BCUT2D eigenvalue weighted by atomic mass is 32.3. The maximum atomic E-state index is 11.5. The molecular formula is C18H30NO8S3+. The second-order valence-corrected chi connectivity index (χ2v) is 9.22. The third kappa shape index (κ3) is 24.5. The molecule has 0 aromatic heterocycles. The van der Waals surface area contributed by atoms with Gasteiger partial charge in [0, 0.05) is 0 Å². The zero-order valence-electron chi connectivity index (χ0n) is 17.3. The van der Waals surface area contributed by atoms with Crippen LogP contribution in [0, 0.1) is 0 Å². The van der Waals surface area contributed by atoms with Gasteiger partial charge >= 0.3 is 20.8 Å². The molecule has 0 amide bonds. The molecule has 0 aliphatic carbocycles. The van der Waals surface area contributed by atoms with Gasteiger partial charge in [-0.2, -0.15) is 30.3 Å². The topological polar surface area (TPSA) is 127 Å². The van der Waals surface area contributed by atoms with E-state index >= 15 is 0 Å². The summed E-state index contributed by atoms with van der Waals surface area (Å²) >= 11 is 0. The number of nitrogens with zero attached hydrogens (tertiary/aromatic N) is 1. The third-order valence-corrected chi connectivity index (χ3v) is 3.24. The van der Waals surface area contributed by atoms with E-state index in [9.17, 15) is 8.42 Å². The summed E-state index contributed by atoms with van der Waals surface area (Å²) in [5.74, 6) is 0. The zero-order chi connectivity index (χ0) is 22.6. The zero-order valence-corrected chi connectivity index (χ0v) is 19.9. The smallest absolute Gasteiger partial charge is 0.333 e. The summed E-state index contributed by atoms with van der Waals surface area (Å²) in [7, 11) is -0.145. The second-order valence-electron chi connectivity index (χ2n) is 7.03. The predicted octanol–water partition coefficient (Wildman–Crippen LogP) is 2.45. The lowest BCUT2D eigenvalue weighted by atomic mass is 10.2. The molecule has 0 heterocycles. The molecule has 30 heavy (non-hydrogen) atoms. The van der Waals surface area contributed by atoms with Gasteiger partial charge < -0.3 is 4.48 Å². The van der Waals surface area contributed by atoms with Crippen LogP contribution in [0.15, 0.2) is 60.7 Å². The van der Waals surface area contributed by atoms with Crippen LogP contribution in [0.5, 0.6) is 0 Å². The number of rotatable bonds is 6. The molecule has 9 nitrogen and oxygen atoms in total. The van der Waals surface area contributed by atoms with Crippen molar-refractivity contribution < 1.29 is 38.8 Å². The first kappa shape index (κ1) is 30.7. The van der Waals surface area contributed by atoms with Crippen molar-refractivity contribution in [3.05, 3.63) is 71.8 Å². The van der Waals surface area contributed by atoms with Crippen LogP contribution in [0.4, 0.5) is 0 Å². The molecule has 0 saturated heterocycles. The highest BCUT2D eigenvalue weighted by Crippen LogP contribution is 2.08. The lowest BCUT2D eigenvalue weighted by molar-refractivity contribution is -0.849. The lowest BCUT2D eigenvalue weighted by Gasteiger charge is -2.14. The Labute approximate surface area is 186 Å². The molecule has 0 aliphatic heterocycles. The molecule has 0 spiro atoms. The van der Waals surface area contributed by atoms with E-state index in [1.54, 1.807) is 24.3 Å². The van der Waals surface area contributed by atoms with E-state index in [1.165, 1.54) is 0 Å². The van der Waals surface area contributed by atoms with Gasteiger partial charge in [-0.15, -0.1) is 0 Å². The first-order valence-corrected chi connectivity index (χ1v) is 11.0. The molecule has 0 atom stereocenters. The van der Waals surface area contributed by atoms with Crippen molar-refractivity contribution in [2.75, 3.05) is 28.2 Å². The first-order chi connectivity index (χ1) is 13.2. The van der Waals surface area contributed by atoms with Crippen molar-refractivity contribution in [3.8, 4) is 0 Å². The van der Waals surface area contributed by atoms with E-state index in [-0.39, 0.29) is 26.7 Å². The molecule has 0 unspecified atom stereocenters. The molecule has 2 N–H and O–H groups in total. The van der Waals surface area contributed by atoms with Gasteiger partial charge in [0.15, 0.2) is 0 Å². The van der Waals surface area contributed by atoms with Gasteiger partial charge in [-0.25, -0.2) is 8.37 Å². The van der Waals surface area contributed by atoms with Crippen LogP contribution in [0.25, 0.3) is 0 Å². The minimum atomic E-state index is -4.67. The summed E-state index contributed by atoms with van der Waals surface area (Å²) in [5, 5.41) is 0. The van der Waals surface area contributed by atoms with Crippen molar-refractivity contribution >= 4 is 34.3 Å².